The summed E-state index contributed by atoms with van der Waals surface area (Å²) >= 11 is 0. The van der Waals surface area contributed by atoms with E-state index in [0.29, 0.717) is 19.5 Å². The van der Waals surface area contributed by atoms with Crippen LogP contribution in [0.15, 0.2) is 23.1 Å². The molecule has 0 saturated carbocycles. The van der Waals surface area contributed by atoms with Gasteiger partial charge in [0.1, 0.15) is 11.6 Å². The molecule has 1 aliphatic rings. The first-order chi connectivity index (χ1) is 8.44. The van der Waals surface area contributed by atoms with E-state index < -0.39 is 26.6 Å². The first-order valence-corrected chi connectivity index (χ1v) is 7.01. The Morgan fingerprint density at radius 3 is 2.44 bits per heavy atom. The number of benzene rings is 1. The van der Waals surface area contributed by atoms with E-state index in [4.69, 9.17) is 0 Å². The molecule has 1 heterocycles. The molecule has 0 amide bonds. The average Bonchev–Trinajstić information content (AvgIpc) is 2.80. The summed E-state index contributed by atoms with van der Waals surface area (Å²) in [6.45, 7) is 1.19. The number of nitrogens with zero attached hydrogens (tertiary/aromatic N) is 1. The van der Waals surface area contributed by atoms with Gasteiger partial charge in [-0.3, -0.25) is 0 Å². The molecule has 7 heteroatoms. The fraction of sp³-hybridized carbons (Fsp3) is 0.455. The minimum absolute atomic E-state index is 0.269. The van der Waals surface area contributed by atoms with Crippen LogP contribution < -0.4 is 5.32 Å². The molecule has 1 atom stereocenters. The average molecular weight is 276 g/mol. The maximum atomic E-state index is 13.5. The van der Waals surface area contributed by atoms with Gasteiger partial charge < -0.3 is 5.32 Å². The predicted octanol–water partition coefficient (Wildman–Crippen LogP) is 0.947. The Labute approximate surface area is 105 Å². The molecule has 18 heavy (non-hydrogen) atoms. The number of rotatable bonds is 3. The molecular formula is C11H14F2N2O2S. The van der Waals surface area contributed by atoms with E-state index >= 15 is 0 Å². The van der Waals surface area contributed by atoms with Gasteiger partial charge in [-0.2, -0.15) is 4.31 Å². The molecule has 0 radical (unpaired) electrons. The van der Waals surface area contributed by atoms with Crippen molar-refractivity contribution in [2.75, 3.05) is 20.1 Å². The van der Waals surface area contributed by atoms with Gasteiger partial charge in [-0.15, -0.1) is 0 Å². The highest BCUT2D eigenvalue weighted by atomic mass is 32.2. The van der Waals surface area contributed by atoms with Gasteiger partial charge in [-0.05, 0) is 25.1 Å². The Hall–Kier alpha value is -1.05. The van der Waals surface area contributed by atoms with Crippen LogP contribution in [-0.4, -0.2) is 38.9 Å². The molecule has 0 aromatic heterocycles. The lowest BCUT2D eigenvalue weighted by atomic mass is 10.3. The highest BCUT2D eigenvalue weighted by Crippen LogP contribution is 2.24. The van der Waals surface area contributed by atoms with Crippen molar-refractivity contribution in [1.29, 1.82) is 0 Å². The van der Waals surface area contributed by atoms with Crippen LogP contribution in [0, 0.1) is 11.6 Å². The quantitative estimate of drug-likeness (QED) is 0.894. The van der Waals surface area contributed by atoms with Crippen molar-refractivity contribution in [3.8, 4) is 0 Å². The molecule has 0 spiro atoms. The molecule has 0 aliphatic carbocycles. The number of hydrogen-bond donors (Lipinski definition) is 1. The van der Waals surface area contributed by atoms with Crippen LogP contribution in [0.3, 0.4) is 0 Å². The second-order valence-corrected chi connectivity index (χ2v) is 6.15. The van der Waals surface area contributed by atoms with Crippen molar-refractivity contribution >= 4 is 10.0 Å². The molecule has 2 rings (SSSR count). The van der Waals surface area contributed by atoms with Crippen molar-refractivity contribution < 1.29 is 17.2 Å². The van der Waals surface area contributed by atoms with E-state index in [1.165, 1.54) is 7.05 Å². The van der Waals surface area contributed by atoms with Crippen molar-refractivity contribution in [3.63, 3.8) is 0 Å². The minimum Gasteiger partial charge on any atom is -0.315 e. The molecule has 1 fully saturated rings. The van der Waals surface area contributed by atoms with Gasteiger partial charge in [-0.1, -0.05) is 6.07 Å². The molecule has 1 aromatic rings. The summed E-state index contributed by atoms with van der Waals surface area (Å²) in [6, 6.07) is 2.75. The maximum Gasteiger partial charge on any atom is 0.248 e. The van der Waals surface area contributed by atoms with Crippen molar-refractivity contribution in [2.24, 2.45) is 0 Å². The number of sulfonamides is 1. The SMILES string of the molecule is CN(C1CCNC1)S(=O)(=O)c1c(F)cccc1F. The fourth-order valence-electron chi connectivity index (χ4n) is 2.02. The van der Waals surface area contributed by atoms with E-state index in [0.717, 1.165) is 22.5 Å². The molecule has 1 aromatic carbocycles. The molecule has 0 bridgehead atoms. The third-order valence-corrected chi connectivity index (χ3v) is 5.07. The van der Waals surface area contributed by atoms with Gasteiger partial charge in [0.05, 0.1) is 0 Å². The zero-order valence-corrected chi connectivity index (χ0v) is 10.7. The lowest BCUT2D eigenvalue weighted by Gasteiger charge is -2.23. The molecule has 1 unspecified atom stereocenters. The fourth-order valence-corrected chi connectivity index (χ4v) is 3.51. The van der Waals surface area contributed by atoms with Gasteiger partial charge in [-0.25, -0.2) is 17.2 Å². The topological polar surface area (TPSA) is 49.4 Å². The zero-order chi connectivity index (χ0) is 13.3. The number of nitrogens with one attached hydrogen (secondary N) is 1. The van der Waals surface area contributed by atoms with Crippen molar-refractivity contribution in [1.82, 2.24) is 9.62 Å². The van der Waals surface area contributed by atoms with Crippen LogP contribution in [0.2, 0.25) is 0 Å². The van der Waals surface area contributed by atoms with Crippen LogP contribution in [0.5, 0.6) is 0 Å². The Balaban J connectivity index is 2.41. The van der Waals surface area contributed by atoms with Gasteiger partial charge in [0, 0.05) is 19.6 Å². The van der Waals surface area contributed by atoms with Crippen LogP contribution in [0.25, 0.3) is 0 Å². The summed E-state index contributed by atoms with van der Waals surface area (Å²) in [4.78, 5) is -0.876. The number of likely N-dealkylation sites (N-methyl/N-ethyl adjacent to an activating group) is 1. The van der Waals surface area contributed by atoms with Crippen LogP contribution >= 0.6 is 0 Å². The van der Waals surface area contributed by atoms with E-state index in [1.54, 1.807) is 0 Å². The molecule has 100 valence electrons. The summed E-state index contributed by atoms with van der Waals surface area (Å²) in [7, 11) is -2.79. The molecule has 1 aliphatic heterocycles. The highest BCUT2D eigenvalue weighted by Gasteiger charge is 2.33. The third-order valence-electron chi connectivity index (χ3n) is 3.10. The van der Waals surface area contributed by atoms with Gasteiger partial charge in [0.15, 0.2) is 4.90 Å². The Bertz CT molecular complexity index is 522. The van der Waals surface area contributed by atoms with E-state index in [1.807, 2.05) is 0 Å². The second-order valence-electron chi connectivity index (χ2n) is 4.22. The Kier molecular flexibility index (Phi) is 3.65. The monoisotopic (exact) mass is 276 g/mol. The summed E-state index contributed by atoms with van der Waals surface area (Å²) in [5.74, 6) is -2.12. The van der Waals surface area contributed by atoms with Crippen LogP contribution in [-0.2, 0) is 10.0 Å². The zero-order valence-electron chi connectivity index (χ0n) is 9.86. The minimum atomic E-state index is -4.14. The largest absolute Gasteiger partial charge is 0.315 e. The normalized spacial score (nSPS) is 20.6. The van der Waals surface area contributed by atoms with E-state index in [2.05, 4.69) is 5.32 Å². The lowest BCUT2D eigenvalue weighted by molar-refractivity contribution is 0.381. The van der Waals surface area contributed by atoms with Crippen molar-refractivity contribution in [2.45, 2.75) is 17.4 Å². The van der Waals surface area contributed by atoms with Gasteiger partial charge >= 0.3 is 0 Å². The maximum absolute atomic E-state index is 13.5. The van der Waals surface area contributed by atoms with Crippen LogP contribution in [0.4, 0.5) is 8.78 Å². The summed E-state index contributed by atoms with van der Waals surface area (Å²) in [5, 5.41) is 3.01. The predicted molar refractivity (Wildman–Crippen MR) is 62.6 cm³/mol. The molecule has 1 saturated heterocycles. The Morgan fingerprint density at radius 2 is 1.94 bits per heavy atom. The summed E-state index contributed by atoms with van der Waals surface area (Å²) < 4.78 is 52.5. The first-order valence-electron chi connectivity index (χ1n) is 5.57. The van der Waals surface area contributed by atoms with Crippen LogP contribution in [0.1, 0.15) is 6.42 Å². The molecular weight excluding hydrogens is 262 g/mol. The highest BCUT2D eigenvalue weighted by molar-refractivity contribution is 7.89. The summed E-state index contributed by atoms with van der Waals surface area (Å²) in [6.07, 6.45) is 0.631. The smallest absolute Gasteiger partial charge is 0.248 e. The first kappa shape index (κ1) is 13.4. The lowest BCUT2D eigenvalue weighted by Crippen LogP contribution is -2.39. The molecule has 1 N–H and O–H groups in total. The van der Waals surface area contributed by atoms with Gasteiger partial charge in [0.2, 0.25) is 10.0 Å². The summed E-state index contributed by atoms with van der Waals surface area (Å²) in [5.41, 5.74) is 0. The van der Waals surface area contributed by atoms with Crippen molar-refractivity contribution in [3.05, 3.63) is 29.8 Å². The number of hydrogen-bond acceptors (Lipinski definition) is 3. The van der Waals surface area contributed by atoms with Gasteiger partial charge in [0.25, 0.3) is 0 Å². The van der Waals surface area contributed by atoms with E-state index in [-0.39, 0.29) is 6.04 Å². The Morgan fingerprint density at radius 1 is 1.33 bits per heavy atom. The standard InChI is InChI=1S/C11H14F2N2O2S/c1-15(8-5-6-14-7-8)18(16,17)11-9(12)3-2-4-10(11)13/h2-4,8,14H,5-7H2,1H3. The molecule has 4 nitrogen and oxygen atoms in total. The van der Waals surface area contributed by atoms with E-state index in [9.17, 15) is 17.2 Å². The number of halogens is 2. The second kappa shape index (κ2) is 4.91. The third kappa shape index (κ3) is 2.25.